The van der Waals surface area contributed by atoms with E-state index >= 15 is 0 Å². The Morgan fingerprint density at radius 1 is 1.62 bits per heavy atom. The van der Waals surface area contributed by atoms with Crippen molar-refractivity contribution in [3.8, 4) is 0 Å². The van der Waals surface area contributed by atoms with Crippen molar-refractivity contribution in [2.45, 2.75) is 6.42 Å². The van der Waals surface area contributed by atoms with Crippen molar-refractivity contribution in [3.63, 3.8) is 0 Å². The number of hydrogen-bond acceptors (Lipinski definition) is 5. The number of anilines is 1. The summed E-state index contributed by atoms with van der Waals surface area (Å²) in [5.41, 5.74) is 0. The Kier molecular flexibility index (Phi) is 2.66. The van der Waals surface area contributed by atoms with Crippen LogP contribution in [-0.4, -0.2) is 31.6 Å². The van der Waals surface area contributed by atoms with E-state index in [1.807, 2.05) is 0 Å². The van der Waals surface area contributed by atoms with Crippen molar-refractivity contribution in [1.82, 2.24) is 4.98 Å². The zero-order chi connectivity index (χ0) is 11.8. The molecule has 0 aliphatic carbocycles. The first-order valence-corrected chi connectivity index (χ1v) is 6.13. The number of carbonyl (C=O) groups excluding carboxylic acids is 1. The van der Waals surface area contributed by atoms with Crippen molar-refractivity contribution in [1.29, 1.82) is 0 Å². The molecule has 1 aromatic rings. The van der Waals surface area contributed by atoms with Gasteiger partial charge >= 0.3 is 16.2 Å². The Balaban J connectivity index is 2.08. The fourth-order valence-electron chi connectivity index (χ4n) is 1.71. The number of amides is 1. The lowest BCUT2D eigenvalue weighted by Gasteiger charge is -2.10. The number of nitrogens with zero attached hydrogens (tertiary/aromatic N) is 2. The number of rotatable bonds is 3. The molecule has 0 radical (unpaired) electrons. The maximum Gasteiger partial charge on any atom is 0.303 e. The Bertz CT molecular complexity index is 484. The first-order valence-electron chi connectivity index (χ1n) is 4.58. The topological polar surface area (TPSA) is 80.5 Å². The average molecular weight is 248 g/mol. The van der Waals surface area contributed by atoms with E-state index in [0.29, 0.717) is 0 Å². The minimum atomic E-state index is -4.55. The third-order valence-electron chi connectivity index (χ3n) is 2.29. The molecule has 1 saturated heterocycles. The van der Waals surface area contributed by atoms with E-state index in [4.69, 9.17) is 4.42 Å². The Labute approximate surface area is 91.3 Å². The van der Waals surface area contributed by atoms with Crippen LogP contribution in [0.2, 0.25) is 0 Å². The Morgan fingerprint density at radius 2 is 2.38 bits per heavy atom. The third-order valence-corrected chi connectivity index (χ3v) is 3.16. The second-order valence-electron chi connectivity index (χ2n) is 3.59. The average Bonchev–Trinajstić information content (AvgIpc) is 2.71. The van der Waals surface area contributed by atoms with Crippen LogP contribution in [-0.2, 0) is 15.0 Å². The lowest BCUT2D eigenvalue weighted by Crippen LogP contribution is -2.25. The molecule has 16 heavy (non-hydrogen) atoms. The molecule has 0 saturated carbocycles. The van der Waals surface area contributed by atoms with E-state index in [2.05, 4.69) is 4.98 Å². The van der Waals surface area contributed by atoms with Gasteiger partial charge in [-0.3, -0.25) is 9.69 Å². The summed E-state index contributed by atoms with van der Waals surface area (Å²) >= 11 is 0. The van der Waals surface area contributed by atoms with Crippen LogP contribution in [0.4, 0.5) is 9.90 Å². The minimum Gasteiger partial charge on any atom is -0.432 e. The van der Waals surface area contributed by atoms with Crippen LogP contribution >= 0.6 is 0 Å². The molecule has 88 valence electrons. The molecule has 1 amide bonds. The predicted octanol–water partition coefficient (Wildman–Crippen LogP) is 0.327. The summed E-state index contributed by atoms with van der Waals surface area (Å²) in [5.74, 6) is -1.50. The standard InChI is InChI=1S/C8H9FN2O4S/c9-16(13,14)5-6-3-7(12)11(4-6)8-10-1-2-15-8/h1-2,6H,3-5H2. The van der Waals surface area contributed by atoms with Gasteiger partial charge in [0.25, 0.3) is 0 Å². The highest BCUT2D eigenvalue weighted by molar-refractivity contribution is 7.86. The van der Waals surface area contributed by atoms with E-state index in [1.165, 1.54) is 17.4 Å². The van der Waals surface area contributed by atoms with E-state index in [-0.39, 0.29) is 24.9 Å². The van der Waals surface area contributed by atoms with Crippen molar-refractivity contribution in [3.05, 3.63) is 12.5 Å². The molecule has 1 unspecified atom stereocenters. The van der Waals surface area contributed by atoms with Gasteiger partial charge in [-0.2, -0.15) is 8.42 Å². The molecule has 0 N–H and O–H groups in total. The van der Waals surface area contributed by atoms with E-state index in [0.717, 1.165) is 0 Å². The highest BCUT2D eigenvalue weighted by Gasteiger charge is 2.35. The molecule has 1 atom stereocenters. The molecular weight excluding hydrogens is 239 g/mol. The summed E-state index contributed by atoms with van der Waals surface area (Å²) < 4.78 is 38.3. The fraction of sp³-hybridized carbons (Fsp3) is 0.500. The van der Waals surface area contributed by atoms with Gasteiger partial charge in [-0.15, -0.1) is 3.89 Å². The molecule has 6 nitrogen and oxygen atoms in total. The zero-order valence-corrected chi connectivity index (χ0v) is 8.98. The quantitative estimate of drug-likeness (QED) is 0.720. The molecule has 0 aromatic carbocycles. The fourth-order valence-corrected chi connectivity index (χ4v) is 2.50. The smallest absolute Gasteiger partial charge is 0.303 e. The van der Waals surface area contributed by atoms with Crippen LogP contribution < -0.4 is 4.90 Å². The van der Waals surface area contributed by atoms with Crippen LogP contribution in [0.15, 0.2) is 16.9 Å². The molecule has 1 aliphatic heterocycles. The minimum absolute atomic E-state index is 0.00840. The van der Waals surface area contributed by atoms with Gasteiger partial charge in [0.1, 0.15) is 6.26 Å². The lowest BCUT2D eigenvalue weighted by molar-refractivity contribution is -0.117. The monoisotopic (exact) mass is 248 g/mol. The number of hydrogen-bond donors (Lipinski definition) is 0. The van der Waals surface area contributed by atoms with Gasteiger partial charge in [-0.25, -0.2) is 4.98 Å². The number of oxazole rings is 1. The SMILES string of the molecule is O=C1CC(CS(=O)(=O)F)CN1c1ncco1. The van der Waals surface area contributed by atoms with Crippen LogP contribution in [0.3, 0.4) is 0 Å². The number of halogens is 1. The zero-order valence-electron chi connectivity index (χ0n) is 8.17. The van der Waals surface area contributed by atoms with Gasteiger partial charge in [-0.05, 0) is 0 Å². The largest absolute Gasteiger partial charge is 0.432 e. The summed E-state index contributed by atoms with van der Waals surface area (Å²) in [5, 5.41) is 0. The van der Waals surface area contributed by atoms with Crippen LogP contribution in [0.5, 0.6) is 0 Å². The summed E-state index contributed by atoms with van der Waals surface area (Å²) in [6.45, 7) is 0.114. The first-order chi connectivity index (χ1) is 7.46. The van der Waals surface area contributed by atoms with Gasteiger partial charge in [0.2, 0.25) is 5.91 Å². The van der Waals surface area contributed by atoms with Gasteiger partial charge in [0.05, 0.1) is 11.9 Å². The molecule has 0 spiro atoms. The first kappa shape index (κ1) is 11.1. The molecule has 1 aromatic heterocycles. The Morgan fingerprint density at radius 3 is 2.94 bits per heavy atom. The second kappa shape index (κ2) is 3.85. The van der Waals surface area contributed by atoms with Gasteiger partial charge in [0.15, 0.2) is 0 Å². The molecule has 2 heterocycles. The lowest BCUT2D eigenvalue weighted by atomic mass is 10.1. The molecule has 1 fully saturated rings. The third kappa shape index (κ3) is 2.38. The van der Waals surface area contributed by atoms with Gasteiger partial charge in [-0.1, -0.05) is 0 Å². The van der Waals surface area contributed by atoms with Crippen molar-refractivity contribution in [2.75, 3.05) is 17.2 Å². The van der Waals surface area contributed by atoms with E-state index in [1.54, 1.807) is 0 Å². The van der Waals surface area contributed by atoms with Crippen molar-refractivity contribution >= 4 is 22.1 Å². The van der Waals surface area contributed by atoms with Gasteiger partial charge < -0.3 is 4.42 Å². The summed E-state index contributed by atoms with van der Waals surface area (Å²) in [4.78, 5) is 16.5. The summed E-state index contributed by atoms with van der Waals surface area (Å²) in [7, 11) is -4.55. The Hall–Kier alpha value is -1.44. The van der Waals surface area contributed by atoms with Gasteiger partial charge in [0, 0.05) is 18.9 Å². The maximum atomic E-state index is 12.4. The summed E-state index contributed by atoms with van der Waals surface area (Å²) in [6.07, 6.45) is 2.68. The van der Waals surface area contributed by atoms with Crippen LogP contribution in [0.1, 0.15) is 6.42 Å². The van der Waals surface area contributed by atoms with E-state index < -0.39 is 21.9 Å². The number of aromatic nitrogens is 1. The van der Waals surface area contributed by atoms with Crippen molar-refractivity contribution in [2.24, 2.45) is 5.92 Å². The molecule has 1 aliphatic rings. The van der Waals surface area contributed by atoms with Crippen LogP contribution in [0, 0.1) is 5.92 Å². The molecule has 2 rings (SSSR count). The second-order valence-corrected chi connectivity index (χ2v) is 5.01. The predicted molar refractivity (Wildman–Crippen MR) is 51.9 cm³/mol. The normalized spacial score (nSPS) is 21.7. The highest BCUT2D eigenvalue weighted by Crippen LogP contribution is 2.24. The molecule has 8 heteroatoms. The molecule has 0 bridgehead atoms. The maximum absolute atomic E-state index is 12.4. The number of carbonyl (C=O) groups is 1. The highest BCUT2D eigenvalue weighted by atomic mass is 32.3. The summed E-state index contributed by atoms with van der Waals surface area (Å²) in [6, 6.07) is 0.115. The molecular formula is C8H9FN2O4S. The van der Waals surface area contributed by atoms with Crippen LogP contribution in [0.25, 0.3) is 0 Å². The van der Waals surface area contributed by atoms with E-state index in [9.17, 15) is 17.1 Å². The van der Waals surface area contributed by atoms with Crippen molar-refractivity contribution < 1.29 is 21.5 Å².